The van der Waals surface area contributed by atoms with Gasteiger partial charge < -0.3 is 9.47 Å². The Bertz CT molecular complexity index is 813. The minimum Gasteiger partial charge on any atom is -0.493 e. The molecular formula is C19H25NO4S. The van der Waals surface area contributed by atoms with Crippen LogP contribution in [-0.4, -0.2) is 34.3 Å². The molecule has 1 heterocycles. The minimum atomic E-state index is -3.60. The van der Waals surface area contributed by atoms with Crippen LogP contribution in [0.4, 0.5) is 0 Å². The molecule has 6 heteroatoms. The second-order valence-corrected chi connectivity index (χ2v) is 8.03. The summed E-state index contributed by atoms with van der Waals surface area (Å²) in [6, 6.07) is 10.8. The fraction of sp³-hybridized carbons (Fsp3) is 0.474. The number of fused-ring (bicyclic) bond motifs is 1. The summed E-state index contributed by atoms with van der Waals surface area (Å²) in [5, 5.41) is 1.50. The van der Waals surface area contributed by atoms with Crippen molar-refractivity contribution in [2.24, 2.45) is 0 Å². The van der Waals surface area contributed by atoms with Gasteiger partial charge in [0.2, 0.25) is 10.0 Å². The van der Waals surface area contributed by atoms with E-state index in [0.29, 0.717) is 25.1 Å². The number of sulfonamides is 1. The molecule has 3 rings (SSSR count). The van der Waals surface area contributed by atoms with E-state index in [9.17, 15) is 8.42 Å². The molecule has 0 unspecified atom stereocenters. The van der Waals surface area contributed by atoms with Gasteiger partial charge in [-0.15, -0.1) is 0 Å². The van der Waals surface area contributed by atoms with E-state index in [2.05, 4.69) is 11.6 Å². The standard InChI is InChI=1S/C19H25NO4S/c1-2-3-12-24-18-10-11-19(17-9-5-4-8-16(17)18)25(21,22)20-14-15-7-6-13-23-15/h4-5,8-11,15,20H,2-3,6-7,12-14H2,1H3/t15-/m1/s1. The Labute approximate surface area is 149 Å². The van der Waals surface area contributed by atoms with Crippen molar-refractivity contribution in [3.63, 3.8) is 0 Å². The number of benzene rings is 2. The van der Waals surface area contributed by atoms with E-state index in [4.69, 9.17) is 9.47 Å². The maximum absolute atomic E-state index is 12.8. The van der Waals surface area contributed by atoms with Crippen molar-refractivity contribution in [1.82, 2.24) is 4.72 Å². The number of nitrogens with one attached hydrogen (secondary N) is 1. The lowest BCUT2D eigenvalue weighted by molar-refractivity contribution is 0.114. The number of rotatable bonds is 8. The van der Waals surface area contributed by atoms with Gasteiger partial charge in [0.1, 0.15) is 5.75 Å². The number of hydrogen-bond acceptors (Lipinski definition) is 4. The van der Waals surface area contributed by atoms with Crippen LogP contribution >= 0.6 is 0 Å². The van der Waals surface area contributed by atoms with Crippen LogP contribution in [0.2, 0.25) is 0 Å². The van der Waals surface area contributed by atoms with Crippen LogP contribution in [0.1, 0.15) is 32.6 Å². The van der Waals surface area contributed by atoms with Gasteiger partial charge in [0.25, 0.3) is 0 Å². The molecule has 1 fully saturated rings. The van der Waals surface area contributed by atoms with Crippen LogP contribution in [0.25, 0.3) is 10.8 Å². The second kappa shape index (κ2) is 8.17. The highest BCUT2D eigenvalue weighted by atomic mass is 32.2. The van der Waals surface area contributed by atoms with Gasteiger partial charge in [0, 0.05) is 23.9 Å². The third kappa shape index (κ3) is 4.32. The molecule has 0 saturated carbocycles. The molecule has 1 aliphatic heterocycles. The first-order valence-electron chi connectivity index (χ1n) is 8.87. The molecule has 0 aromatic heterocycles. The normalized spacial score (nSPS) is 17.9. The molecule has 1 aliphatic rings. The zero-order chi connectivity index (χ0) is 17.7. The second-order valence-electron chi connectivity index (χ2n) is 6.30. The molecule has 0 aliphatic carbocycles. The summed E-state index contributed by atoms with van der Waals surface area (Å²) >= 11 is 0. The van der Waals surface area contributed by atoms with Gasteiger partial charge in [-0.3, -0.25) is 0 Å². The number of hydrogen-bond donors (Lipinski definition) is 1. The van der Waals surface area contributed by atoms with Crippen molar-refractivity contribution >= 4 is 20.8 Å². The van der Waals surface area contributed by atoms with Gasteiger partial charge in [-0.2, -0.15) is 0 Å². The first-order chi connectivity index (χ1) is 12.1. The van der Waals surface area contributed by atoms with Crippen molar-refractivity contribution in [3.8, 4) is 5.75 Å². The SMILES string of the molecule is CCCCOc1ccc(S(=O)(=O)NC[C@H]2CCCO2)c2ccccc12. The molecule has 136 valence electrons. The molecule has 0 amide bonds. The summed E-state index contributed by atoms with van der Waals surface area (Å²) in [5.74, 6) is 0.724. The minimum absolute atomic E-state index is 0.0299. The summed E-state index contributed by atoms with van der Waals surface area (Å²) in [6.45, 7) is 3.76. The van der Waals surface area contributed by atoms with Crippen molar-refractivity contribution in [2.45, 2.75) is 43.6 Å². The molecule has 2 aromatic carbocycles. The fourth-order valence-corrected chi connectivity index (χ4v) is 4.29. The Hall–Kier alpha value is -1.63. The molecule has 1 atom stereocenters. The largest absolute Gasteiger partial charge is 0.493 e. The Morgan fingerprint density at radius 3 is 2.72 bits per heavy atom. The number of unbranched alkanes of at least 4 members (excludes halogenated alkanes) is 1. The summed E-state index contributed by atoms with van der Waals surface area (Å²) in [5.41, 5.74) is 0. The maximum Gasteiger partial charge on any atom is 0.241 e. The van der Waals surface area contributed by atoms with Crippen LogP contribution in [0, 0.1) is 0 Å². The smallest absolute Gasteiger partial charge is 0.241 e. The van der Waals surface area contributed by atoms with Gasteiger partial charge in [-0.25, -0.2) is 13.1 Å². The lowest BCUT2D eigenvalue weighted by atomic mass is 10.1. The average Bonchev–Trinajstić information content (AvgIpc) is 3.14. The molecule has 1 N–H and O–H groups in total. The maximum atomic E-state index is 12.8. The highest BCUT2D eigenvalue weighted by Crippen LogP contribution is 2.31. The lowest BCUT2D eigenvalue weighted by Gasteiger charge is -2.15. The van der Waals surface area contributed by atoms with Crippen molar-refractivity contribution < 1.29 is 17.9 Å². The zero-order valence-electron chi connectivity index (χ0n) is 14.5. The van der Waals surface area contributed by atoms with Gasteiger partial charge in [0.15, 0.2) is 0 Å². The first kappa shape index (κ1) is 18.2. The molecule has 2 aromatic rings. The Morgan fingerprint density at radius 1 is 1.20 bits per heavy atom. The van der Waals surface area contributed by atoms with Gasteiger partial charge in [0.05, 0.1) is 17.6 Å². The van der Waals surface area contributed by atoms with Crippen molar-refractivity contribution in [3.05, 3.63) is 36.4 Å². The summed E-state index contributed by atoms with van der Waals surface area (Å²) < 4.78 is 39.6. The molecule has 0 radical (unpaired) electrons. The first-order valence-corrected chi connectivity index (χ1v) is 10.4. The third-order valence-electron chi connectivity index (χ3n) is 4.41. The quantitative estimate of drug-likeness (QED) is 0.729. The molecule has 5 nitrogen and oxygen atoms in total. The van der Waals surface area contributed by atoms with Crippen molar-refractivity contribution in [2.75, 3.05) is 19.8 Å². The molecular weight excluding hydrogens is 338 g/mol. The highest BCUT2D eigenvalue weighted by Gasteiger charge is 2.22. The molecule has 0 spiro atoms. The van der Waals surface area contributed by atoms with Gasteiger partial charge >= 0.3 is 0 Å². The van der Waals surface area contributed by atoms with E-state index >= 15 is 0 Å². The van der Waals surface area contributed by atoms with Crippen molar-refractivity contribution in [1.29, 1.82) is 0 Å². The van der Waals surface area contributed by atoms with Crippen LogP contribution in [0.5, 0.6) is 5.75 Å². The van der Waals surface area contributed by atoms with Gasteiger partial charge in [-0.1, -0.05) is 37.6 Å². The summed E-state index contributed by atoms with van der Waals surface area (Å²) in [7, 11) is -3.60. The van der Waals surface area contributed by atoms with E-state index in [1.54, 1.807) is 12.1 Å². The van der Waals surface area contributed by atoms with E-state index in [1.807, 2.05) is 24.3 Å². The van der Waals surface area contributed by atoms with Crippen LogP contribution < -0.4 is 9.46 Å². The van der Waals surface area contributed by atoms with E-state index < -0.39 is 10.0 Å². The van der Waals surface area contributed by atoms with Crippen LogP contribution in [0.3, 0.4) is 0 Å². The molecule has 0 bridgehead atoms. The van der Waals surface area contributed by atoms with E-state index in [1.165, 1.54) is 0 Å². The number of ether oxygens (including phenoxy) is 2. The lowest BCUT2D eigenvalue weighted by Crippen LogP contribution is -2.31. The highest BCUT2D eigenvalue weighted by molar-refractivity contribution is 7.89. The Kier molecular flexibility index (Phi) is 5.93. The average molecular weight is 363 g/mol. The summed E-state index contributed by atoms with van der Waals surface area (Å²) in [6.07, 6.45) is 3.87. The predicted octanol–water partition coefficient (Wildman–Crippen LogP) is 3.48. The third-order valence-corrected chi connectivity index (χ3v) is 5.90. The molecule has 25 heavy (non-hydrogen) atoms. The fourth-order valence-electron chi connectivity index (χ4n) is 3.02. The Balaban J connectivity index is 1.86. The Morgan fingerprint density at radius 2 is 2.00 bits per heavy atom. The molecule has 1 saturated heterocycles. The monoisotopic (exact) mass is 363 g/mol. The predicted molar refractivity (Wildman–Crippen MR) is 98.5 cm³/mol. The van der Waals surface area contributed by atoms with Gasteiger partial charge in [-0.05, 0) is 31.4 Å². The summed E-state index contributed by atoms with van der Waals surface area (Å²) in [4.78, 5) is 0.281. The van der Waals surface area contributed by atoms with Crippen LogP contribution in [0.15, 0.2) is 41.3 Å². The van der Waals surface area contributed by atoms with E-state index in [0.717, 1.165) is 36.8 Å². The zero-order valence-corrected chi connectivity index (χ0v) is 15.3. The van der Waals surface area contributed by atoms with Crippen LogP contribution in [-0.2, 0) is 14.8 Å². The van der Waals surface area contributed by atoms with E-state index in [-0.39, 0.29) is 11.0 Å². The topological polar surface area (TPSA) is 64.6 Å².